The molecule has 4 heteroatoms. The molecule has 0 aliphatic heterocycles. The second-order valence-corrected chi connectivity index (χ2v) is 4.44. The molecule has 2 N–H and O–H groups in total. The number of nitrogens with two attached hydrogens (primary N) is 1. The van der Waals surface area contributed by atoms with Crippen LogP contribution >= 0.6 is 11.5 Å². The predicted octanol–water partition coefficient (Wildman–Crippen LogP) is 1.90. The molecule has 72 valence electrons. The zero-order valence-electron chi connectivity index (χ0n) is 7.86. The van der Waals surface area contributed by atoms with Gasteiger partial charge in [-0.3, -0.25) is 0 Å². The van der Waals surface area contributed by atoms with E-state index in [1.807, 2.05) is 0 Å². The summed E-state index contributed by atoms with van der Waals surface area (Å²) in [5, 5.41) is 4.09. The second-order valence-electron chi connectivity index (χ2n) is 3.65. The Morgan fingerprint density at radius 2 is 2.38 bits per heavy atom. The van der Waals surface area contributed by atoms with E-state index in [0.717, 1.165) is 12.1 Å². The van der Waals surface area contributed by atoms with Gasteiger partial charge in [0, 0.05) is 6.04 Å². The van der Waals surface area contributed by atoms with Crippen LogP contribution in [0.25, 0.3) is 0 Å². The lowest BCUT2D eigenvalue weighted by molar-refractivity contribution is 0.266. The summed E-state index contributed by atoms with van der Waals surface area (Å²) in [4.78, 5) is 1.22. The first-order valence-corrected chi connectivity index (χ1v) is 5.67. The van der Waals surface area contributed by atoms with E-state index in [0.29, 0.717) is 5.92 Å². The summed E-state index contributed by atoms with van der Waals surface area (Å²) in [7, 11) is 0. The molecule has 0 bridgehead atoms. The van der Waals surface area contributed by atoms with E-state index < -0.39 is 0 Å². The SMILES string of the molecule is CCc1nnsc1C(N)C1CCC1. The third kappa shape index (κ3) is 1.60. The monoisotopic (exact) mass is 197 g/mol. The molecule has 0 amide bonds. The van der Waals surface area contributed by atoms with E-state index in [-0.39, 0.29) is 6.04 Å². The summed E-state index contributed by atoms with van der Waals surface area (Å²) in [5.74, 6) is 0.688. The largest absolute Gasteiger partial charge is 0.323 e. The van der Waals surface area contributed by atoms with Gasteiger partial charge in [-0.25, -0.2) is 0 Å². The highest BCUT2D eigenvalue weighted by Crippen LogP contribution is 2.37. The maximum Gasteiger partial charge on any atom is 0.0801 e. The molecule has 1 aromatic rings. The molecule has 0 aromatic carbocycles. The normalized spacial score (nSPS) is 19.8. The van der Waals surface area contributed by atoms with Gasteiger partial charge in [0.2, 0.25) is 0 Å². The minimum absolute atomic E-state index is 0.198. The molecule has 1 aliphatic rings. The summed E-state index contributed by atoms with van der Waals surface area (Å²) < 4.78 is 3.97. The van der Waals surface area contributed by atoms with Crippen LogP contribution in [0.1, 0.15) is 42.8 Å². The molecule has 1 atom stereocenters. The fraction of sp³-hybridized carbons (Fsp3) is 0.778. The summed E-state index contributed by atoms with van der Waals surface area (Å²) in [5.41, 5.74) is 7.25. The molecule has 1 aromatic heterocycles. The van der Waals surface area contributed by atoms with Crippen LogP contribution < -0.4 is 5.73 Å². The first-order valence-electron chi connectivity index (χ1n) is 4.89. The third-order valence-electron chi connectivity index (χ3n) is 2.88. The van der Waals surface area contributed by atoms with Crippen LogP contribution in [-0.2, 0) is 6.42 Å². The van der Waals surface area contributed by atoms with Crippen molar-refractivity contribution in [2.24, 2.45) is 11.7 Å². The topological polar surface area (TPSA) is 51.8 Å². The number of aryl methyl sites for hydroxylation is 1. The van der Waals surface area contributed by atoms with Crippen LogP contribution in [0.4, 0.5) is 0 Å². The van der Waals surface area contributed by atoms with E-state index in [2.05, 4.69) is 16.5 Å². The summed E-state index contributed by atoms with van der Waals surface area (Å²) >= 11 is 1.47. The van der Waals surface area contributed by atoms with Gasteiger partial charge in [0.05, 0.1) is 10.6 Å². The van der Waals surface area contributed by atoms with Crippen LogP contribution in [0.15, 0.2) is 0 Å². The van der Waals surface area contributed by atoms with E-state index >= 15 is 0 Å². The summed E-state index contributed by atoms with van der Waals surface area (Å²) in [6.45, 7) is 2.10. The van der Waals surface area contributed by atoms with Crippen molar-refractivity contribution in [3.8, 4) is 0 Å². The van der Waals surface area contributed by atoms with Crippen LogP contribution in [0, 0.1) is 5.92 Å². The quantitative estimate of drug-likeness (QED) is 0.805. The van der Waals surface area contributed by atoms with E-state index in [1.54, 1.807) is 0 Å². The van der Waals surface area contributed by atoms with Crippen LogP contribution in [0.2, 0.25) is 0 Å². The molecule has 2 rings (SSSR count). The van der Waals surface area contributed by atoms with Crippen LogP contribution in [0.5, 0.6) is 0 Å². The van der Waals surface area contributed by atoms with Crippen molar-refractivity contribution >= 4 is 11.5 Å². The molecule has 0 spiro atoms. The van der Waals surface area contributed by atoms with Gasteiger partial charge < -0.3 is 5.73 Å². The fourth-order valence-corrected chi connectivity index (χ4v) is 2.56. The Balaban J connectivity index is 2.13. The third-order valence-corrected chi connectivity index (χ3v) is 3.75. The smallest absolute Gasteiger partial charge is 0.0801 e. The molecule has 3 nitrogen and oxygen atoms in total. The lowest BCUT2D eigenvalue weighted by Gasteiger charge is -2.30. The molecule has 1 fully saturated rings. The van der Waals surface area contributed by atoms with E-state index in [1.165, 1.54) is 35.7 Å². The second kappa shape index (κ2) is 3.72. The predicted molar refractivity (Wildman–Crippen MR) is 53.6 cm³/mol. The summed E-state index contributed by atoms with van der Waals surface area (Å²) in [6, 6.07) is 0.198. The Morgan fingerprint density at radius 3 is 2.92 bits per heavy atom. The number of hydrogen-bond donors (Lipinski definition) is 1. The highest BCUT2D eigenvalue weighted by atomic mass is 32.1. The highest BCUT2D eigenvalue weighted by molar-refractivity contribution is 7.05. The maximum atomic E-state index is 6.15. The van der Waals surface area contributed by atoms with Gasteiger partial charge in [-0.1, -0.05) is 17.8 Å². The van der Waals surface area contributed by atoms with Crippen LogP contribution in [0.3, 0.4) is 0 Å². The minimum atomic E-state index is 0.198. The van der Waals surface area contributed by atoms with Gasteiger partial charge >= 0.3 is 0 Å². The first-order chi connectivity index (χ1) is 6.33. The Labute approximate surface area is 82.5 Å². The molecular weight excluding hydrogens is 182 g/mol. The van der Waals surface area contributed by atoms with E-state index in [4.69, 9.17) is 5.73 Å². The van der Waals surface area contributed by atoms with E-state index in [9.17, 15) is 0 Å². The highest BCUT2D eigenvalue weighted by Gasteiger charge is 2.28. The van der Waals surface area contributed by atoms with Crippen molar-refractivity contribution in [1.82, 2.24) is 9.59 Å². The lowest BCUT2D eigenvalue weighted by atomic mass is 9.79. The molecule has 0 saturated heterocycles. The molecule has 13 heavy (non-hydrogen) atoms. The number of nitrogens with zero attached hydrogens (tertiary/aromatic N) is 2. The minimum Gasteiger partial charge on any atom is -0.323 e. The van der Waals surface area contributed by atoms with Gasteiger partial charge in [0.25, 0.3) is 0 Å². The zero-order chi connectivity index (χ0) is 9.26. The van der Waals surface area contributed by atoms with Gasteiger partial charge in [0.15, 0.2) is 0 Å². The maximum absolute atomic E-state index is 6.15. The van der Waals surface area contributed by atoms with Crippen molar-refractivity contribution in [2.45, 2.75) is 38.6 Å². The number of rotatable bonds is 3. The standard InChI is InChI=1S/C9H15N3S/c1-2-7-9(13-12-11-7)8(10)6-4-3-5-6/h6,8H,2-5,10H2,1H3. The lowest BCUT2D eigenvalue weighted by Crippen LogP contribution is -2.26. The average molecular weight is 197 g/mol. The average Bonchev–Trinajstić information content (AvgIpc) is 2.47. The molecular formula is C9H15N3S. The first kappa shape index (κ1) is 9.09. The summed E-state index contributed by atoms with van der Waals surface area (Å²) in [6.07, 6.45) is 4.85. The molecule has 0 radical (unpaired) electrons. The molecule has 1 unspecified atom stereocenters. The number of hydrogen-bond acceptors (Lipinski definition) is 4. The number of aromatic nitrogens is 2. The van der Waals surface area contributed by atoms with Crippen LogP contribution in [-0.4, -0.2) is 9.59 Å². The van der Waals surface area contributed by atoms with Crippen molar-refractivity contribution in [2.75, 3.05) is 0 Å². The van der Waals surface area contributed by atoms with Gasteiger partial charge in [0.1, 0.15) is 0 Å². The van der Waals surface area contributed by atoms with Gasteiger partial charge in [-0.2, -0.15) is 0 Å². The molecule has 1 aliphatic carbocycles. The Morgan fingerprint density at radius 1 is 1.62 bits per heavy atom. The fourth-order valence-electron chi connectivity index (χ4n) is 1.73. The zero-order valence-corrected chi connectivity index (χ0v) is 8.68. The van der Waals surface area contributed by atoms with Crippen molar-refractivity contribution < 1.29 is 0 Å². The molecule has 1 saturated carbocycles. The van der Waals surface area contributed by atoms with Crippen molar-refractivity contribution in [1.29, 1.82) is 0 Å². The van der Waals surface area contributed by atoms with Gasteiger partial charge in [-0.05, 0) is 36.7 Å². The van der Waals surface area contributed by atoms with Crippen molar-refractivity contribution in [3.05, 3.63) is 10.6 Å². The Kier molecular flexibility index (Phi) is 2.60. The Hall–Kier alpha value is -0.480. The van der Waals surface area contributed by atoms with Crippen molar-refractivity contribution in [3.63, 3.8) is 0 Å². The Bertz CT molecular complexity index is 280. The molecule has 1 heterocycles. The van der Waals surface area contributed by atoms with Gasteiger partial charge in [-0.15, -0.1) is 5.10 Å².